The number of rotatable bonds is 2. The largest absolute Gasteiger partial charge is 0.321 e. The van der Waals surface area contributed by atoms with Crippen molar-refractivity contribution in [3.8, 4) is 0 Å². The summed E-state index contributed by atoms with van der Waals surface area (Å²) in [6.07, 6.45) is 0. The normalized spacial score (nSPS) is 10.6. The first-order valence-electron chi connectivity index (χ1n) is 6.57. The van der Waals surface area contributed by atoms with Crippen LogP contribution in [0.15, 0.2) is 54.6 Å². The zero-order valence-electron chi connectivity index (χ0n) is 11.4. The summed E-state index contributed by atoms with van der Waals surface area (Å²) >= 11 is 0. The molecule has 1 N–H and O–H groups in total. The van der Waals surface area contributed by atoms with Crippen molar-refractivity contribution >= 4 is 22.5 Å². The average molecular weight is 280 g/mol. The van der Waals surface area contributed by atoms with Gasteiger partial charge < -0.3 is 5.32 Å². The van der Waals surface area contributed by atoms with Crippen LogP contribution in [0.3, 0.4) is 0 Å². The molecule has 1 amide bonds. The number of benzene rings is 2. The fourth-order valence-corrected chi connectivity index (χ4v) is 2.20. The van der Waals surface area contributed by atoms with E-state index in [1.54, 1.807) is 18.2 Å². The molecule has 0 bridgehead atoms. The number of carbonyl (C=O) groups excluding carboxylic acids is 1. The molecule has 0 aliphatic rings. The number of halogens is 1. The van der Waals surface area contributed by atoms with E-state index >= 15 is 0 Å². The Balaban J connectivity index is 1.99. The molecule has 2 aromatic carbocycles. The number of nitrogens with zero attached hydrogens (tertiary/aromatic N) is 1. The maximum atomic E-state index is 13.6. The van der Waals surface area contributed by atoms with Gasteiger partial charge in [0.2, 0.25) is 0 Å². The van der Waals surface area contributed by atoms with Gasteiger partial charge in [0.15, 0.2) is 0 Å². The highest BCUT2D eigenvalue weighted by Crippen LogP contribution is 2.23. The summed E-state index contributed by atoms with van der Waals surface area (Å²) in [5, 5.41) is 3.57. The predicted molar refractivity (Wildman–Crippen MR) is 80.8 cm³/mol. The lowest BCUT2D eigenvalue weighted by atomic mass is 10.1. The van der Waals surface area contributed by atoms with Crippen LogP contribution < -0.4 is 5.32 Å². The summed E-state index contributed by atoms with van der Waals surface area (Å²) < 4.78 is 13.6. The fourth-order valence-electron chi connectivity index (χ4n) is 2.20. The van der Waals surface area contributed by atoms with Crippen LogP contribution in [-0.2, 0) is 0 Å². The molecule has 3 aromatic rings. The number of pyridine rings is 1. The van der Waals surface area contributed by atoms with E-state index in [0.717, 1.165) is 16.6 Å². The van der Waals surface area contributed by atoms with Gasteiger partial charge in [0, 0.05) is 11.1 Å². The van der Waals surface area contributed by atoms with Crippen LogP contribution in [0.2, 0.25) is 0 Å². The van der Waals surface area contributed by atoms with Gasteiger partial charge in [0.1, 0.15) is 5.82 Å². The third kappa shape index (κ3) is 2.60. The SMILES string of the molecule is Cc1ccc2c(NC(=O)c3ccccc3F)cccc2n1. The van der Waals surface area contributed by atoms with Crippen molar-refractivity contribution in [2.75, 3.05) is 5.32 Å². The first kappa shape index (κ1) is 13.2. The van der Waals surface area contributed by atoms with E-state index in [4.69, 9.17) is 0 Å². The van der Waals surface area contributed by atoms with Gasteiger partial charge in [-0.25, -0.2) is 4.39 Å². The maximum Gasteiger partial charge on any atom is 0.258 e. The number of aryl methyl sites for hydroxylation is 1. The minimum Gasteiger partial charge on any atom is -0.321 e. The second-order valence-corrected chi connectivity index (χ2v) is 4.76. The van der Waals surface area contributed by atoms with Crippen LogP contribution in [0, 0.1) is 12.7 Å². The first-order valence-corrected chi connectivity index (χ1v) is 6.57. The number of carbonyl (C=O) groups is 1. The van der Waals surface area contributed by atoms with Crippen molar-refractivity contribution in [3.63, 3.8) is 0 Å². The van der Waals surface area contributed by atoms with Gasteiger partial charge >= 0.3 is 0 Å². The van der Waals surface area contributed by atoms with Gasteiger partial charge in [-0.2, -0.15) is 0 Å². The summed E-state index contributed by atoms with van der Waals surface area (Å²) in [6, 6.07) is 15.1. The number of fused-ring (bicyclic) bond motifs is 1. The highest BCUT2D eigenvalue weighted by Gasteiger charge is 2.12. The first-order chi connectivity index (χ1) is 10.1. The van der Waals surface area contributed by atoms with Crippen molar-refractivity contribution in [1.29, 1.82) is 0 Å². The second-order valence-electron chi connectivity index (χ2n) is 4.76. The Morgan fingerprint density at radius 1 is 1.05 bits per heavy atom. The molecular weight excluding hydrogens is 267 g/mol. The molecule has 0 radical (unpaired) electrons. The number of hydrogen-bond donors (Lipinski definition) is 1. The molecule has 3 rings (SSSR count). The number of anilines is 1. The fraction of sp³-hybridized carbons (Fsp3) is 0.0588. The lowest BCUT2D eigenvalue weighted by Crippen LogP contribution is -2.13. The Morgan fingerprint density at radius 2 is 1.86 bits per heavy atom. The van der Waals surface area contributed by atoms with Crippen molar-refractivity contribution in [2.45, 2.75) is 6.92 Å². The van der Waals surface area contributed by atoms with Crippen molar-refractivity contribution in [3.05, 3.63) is 71.7 Å². The third-order valence-electron chi connectivity index (χ3n) is 3.24. The van der Waals surface area contributed by atoms with Gasteiger partial charge in [-0.15, -0.1) is 0 Å². The topological polar surface area (TPSA) is 42.0 Å². The molecule has 0 aliphatic heterocycles. The molecule has 0 saturated carbocycles. The molecular formula is C17H13FN2O. The van der Waals surface area contributed by atoms with E-state index in [1.807, 2.05) is 31.2 Å². The molecule has 0 atom stereocenters. The van der Waals surface area contributed by atoms with Crippen molar-refractivity contribution < 1.29 is 9.18 Å². The molecule has 1 heterocycles. The second kappa shape index (κ2) is 5.32. The van der Waals surface area contributed by atoms with Gasteiger partial charge in [0.25, 0.3) is 5.91 Å². The predicted octanol–water partition coefficient (Wildman–Crippen LogP) is 3.93. The number of amides is 1. The Labute approximate surface area is 121 Å². The minimum absolute atomic E-state index is 0.0228. The quantitative estimate of drug-likeness (QED) is 0.772. The molecule has 1 aromatic heterocycles. The zero-order valence-corrected chi connectivity index (χ0v) is 11.4. The van der Waals surface area contributed by atoms with Crippen LogP contribution in [0.1, 0.15) is 16.1 Å². The van der Waals surface area contributed by atoms with E-state index in [1.165, 1.54) is 12.1 Å². The Hall–Kier alpha value is -2.75. The standard InChI is InChI=1S/C17H13FN2O/c1-11-9-10-13-15(19-11)7-4-8-16(13)20-17(21)12-5-2-3-6-14(12)18/h2-10H,1H3,(H,20,21). The van der Waals surface area contributed by atoms with Crippen LogP contribution in [0.5, 0.6) is 0 Å². The minimum atomic E-state index is -0.538. The van der Waals surface area contributed by atoms with Crippen LogP contribution in [0.25, 0.3) is 10.9 Å². The van der Waals surface area contributed by atoms with E-state index in [-0.39, 0.29) is 5.56 Å². The summed E-state index contributed by atoms with van der Waals surface area (Å²) in [6.45, 7) is 1.91. The van der Waals surface area contributed by atoms with E-state index in [9.17, 15) is 9.18 Å². The Kier molecular flexibility index (Phi) is 3.36. The molecule has 21 heavy (non-hydrogen) atoms. The molecule has 3 nitrogen and oxygen atoms in total. The van der Waals surface area contributed by atoms with Crippen LogP contribution in [0.4, 0.5) is 10.1 Å². The van der Waals surface area contributed by atoms with Gasteiger partial charge in [0.05, 0.1) is 16.8 Å². The molecule has 4 heteroatoms. The molecule has 0 fully saturated rings. The third-order valence-corrected chi connectivity index (χ3v) is 3.24. The average Bonchev–Trinajstić information content (AvgIpc) is 2.47. The van der Waals surface area contributed by atoms with Crippen LogP contribution >= 0.6 is 0 Å². The zero-order chi connectivity index (χ0) is 14.8. The molecule has 0 unspecified atom stereocenters. The molecule has 0 aliphatic carbocycles. The van der Waals surface area contributed by atoms with E-state index < -0.39 is 11.7 Å². The van der Waals surface area contributed by atoms with Crippen molar-refractivity contribution in [1.82, 2.24) is 4.98 Å². The summed E-state index contributed by atoms with van der Waals surface area (Å²) in [5.74, 6) is -1.01. The van der Waals surface area contributed by atoms with Gasteiger partial charge in [-0.1, -0.05) is 18.2 Å². The maximum absolute atomic E-state index is 13.6. The van der Waals surface area contributed by atoms with Gasteiger partial charge in [-0.3, -0.25) is 9.78 Å². The molecule has 0 spiro atoms. The molecule has 104 valence electrons. The number of aromatic nitrogens is 1. The molecule has 0 saturated heterocycles. The smallest absolute Gasteiger partial charge is 0.258 e. The van der Waals surface area contributed by atoms with Crippen LogP contribution in [-0.4, -0.2) is 10.9 Å². The monoisotopic (exact) mass is 280 g/mol. The summed E-state index contributed by atoms with van der Waals surface area (Å²) in [5.41, 5.74) is 2.34. The Bertz CT molecular complexity index is 830. The van der Waals surface area contributed by atoms with Crippen molar-refractivity contribution in [2.24, 2.45) is 0 Å². The lowest BCUT2D eigenvalue weighted by Gasteiger charge is -2.09. The highest BCUT2D eigenvalue weighted by atomic mass is 19.1. The summed E-state index contributed by atoms with van der Waals surface area (Å²) in [7, 11) is 0. The lowest BCUT2D eigenvalue weighted by molar-refractivity contribution is 0.102. The Morgan fingerprint density at radius 3 is 2.67 bits per heavy atom. The van der Waals surface area contributed by atoms with E-state index in [2.05, 4.69) is 10.3 Å². The summed E-state index contributed by atoms with van der Waals surface area (Å²) in [4.78, 5) is 16.6. The highest BCUT2D eigenvalue weighted by molar-refractivity contribution is 6.08. The number of nitrogens with one attached hydrogen (secondary N) is 1. The van der Waals surface area contributed by atoms with Gasteiger partial charge in [-0.05, 0) is 43.3 Å². The number of hydrogen-bond acceptors (Lipinski definition) is 2. The van der Waals surface area contributed by atoms with E-state index in [0.29, 0.717) is 5.69 Å².